The maximum Gasteiger partial charge on any atom is 0.253 e. The number of benzene rings is 1. The van der Waals surface area contributed by atoms with Gasteiger partial charge in [-0.2, -0.15) is 0 Å². The molecule has 2 rings (SSSR count). The Morgan fingerprint density at radius 1 is 1.33 bits per heavy atom. The molecular weight excluding hydrogens is 357 g/mol. The number of thiophene rings is 1. The van der Waals surface area contributed by atoms with Crippen LogP contribution in [-0.2, 0) is 6.54 Å². The summed E-state index contributed by atoms with van der Waals surface area (Å²) in [5.41, 5.74) is 1.43. The van der Waals surface area contributed by atoms with Crippen LogP contribution in [0.3, 0.4) is 0 Å². The van der Waals surface area contributed by atoms with Crippen LogP contribution in [0.1, 0.15) is 15.9 Å². The van der Waals surface area contributed by atoms with Gasteiger partial charge in [0.1, 0.15) is 4.34 Å². The maximum atomic E-state index is 11.9. The maximum absolute atomic E-state index is 11.9. The van der Waals surface area contributed by atoms with Crippen LogP contribution in [0.25, 0.3) is 0 Å². The molecule has 1 aromatic carbocycles. The second-order valence-corrected chi connectivity index (χ2v) is 6.75. The predicted molar refractivity (Wildman–Crippen MR) is 79.7 cm³/mol. The highest BCUT2D eigenvalue weighted by molar-refractivity contribution is 9.10. The summed E-state index contributed by atoms with van der Waals surface area (Å²) in [4.78, 5) is 11.9. The fourth-order valence-corrected chi connectivity index (χ4v) is 3.32. The average molecular weight is 365 g/mol. The highest BCUT2D eigenvalue weighted by Crippen LogP contribution is 2.31. The van der Waals surface area contributed by atoms with E-state index in [0.29, 0.717) is 20.8 Å². The van der Waals surface area contributed by atoms with Crippen molar-refractivity contribution in [2.24, 2.45) is 0 Å². The Labute approximate surface area is 127 Å². The van der Waals surface area contributed by atoms with Gasteiger partial charge in [0.2, 0.25) is 0 Å². The molecule has 0 unspecified atom stereocenters. The van der Waals surface area contributed by atoms with Crippen LogP contribution in [0.4, 0.5) is 0 Å². The molecule has 1 amide bonds. The van der Waals surface area contributed by atoms with Gasteiger partial charge in [0.25, 0.3) is 5.91 Å². The molecule has 2 nitrogen and oxygen atoms in total. The van der Waals surface area contributed by atoms with Crippen LogP contribution < -0.4 is 5.32 Å². The van der Waals surface area contributed by atoms with Gasteiger partial charge in [-0.15, -0.1) is 11.3 Å². The van der Waals surface area contributed by atoms with Crippen molar-refractivity contribution in [2.45, 2.75) is 6.54 Å². The van der Waals surface area contributed by atoms with Crippen LogP contribution >= 0.6 is 50.5 Å². The van der Waals surface area contributed by atoms with E-state index < -0.39 is 0 Å². The second kappa shape index (κ2) is 6.06. The van der Waals surface area contributed by atoms with Crippen LogP contribution in [0.15, 0.2) is 34.8 Å². The fraction of sp³-hybridized carbons (Fsp3) is 0.0833. The lowest BCUT2D eigenvalue weighted by Crippen LogP contribution is -2.22. The van der Waals surface area contributed by atoms with Crippen molar-refractivity contribution in [2.75, 3.05) is 0 Å². The number of carbonyl (C=O) groups is 1. The van der Waals surface area contributed by atoms with Crippen molar-refractivity contribution in [3.05, 3.63) is 54.6 Å². The molecule has 0 bridgehead atoms. The summed E-state index contributed by atoms with van der Waals surface area (Å²) in [6.45, 7) is 0.446. The summed E-state index contributed by atoms with van der Waals surface area (Å²) < 4.78 is 1.89. The van der Waals surface area contributed by atoms with Crippen molar-refractivity contribution in [1.29, 1.82) is 0 Å². The van der Waals surface area contributed by atoms with E-state index in [2.05, 4.69) is 21.2 Å². The summed E-state index contributed by atoms with van der Waals surface area (Å²) in [7, 11) is 0. The summed E-state index contributed by atoms with van der Waals surface area (Å²) in [6, 6.07) is 9.31. The molecule has 1 N–H and O–H groups in total. The van der Waals surface area contributed by atoms with E-state index in [9.17, 15) is 4.79 Å². The summed E-state index contributed by atoms with van der Waals surface area (Å²) in [6.07, 6.45) is 0. The Kier molecular flexibility index (Phi) is 4.67. The van der Waals surface area contributed by atoms with Gasteiger partial charge in [0.05, 0.1) is 9.90 Å². The van der Waals surface area contributed by atoms with Crippen molar-refractivity contribution >= 4 is 56.4 Å². The molecule has 0 aliphatic heterocycles. The largest absolute Gasteiger partial charge is 0.348 e. The lowest BCUT2D eigenvalue weighted by Gasteiger charge is -2.04. The smallest absolute Gasteiger partial charge is 0.253 e. The van der Waals surface area contributed by atoms with Gasteiger partial charge in [0, 0.05) is 11.0 Å². The minimum absolute atomic E-state index is 0.219. The lowest BCUT2D eigenvalue weighted by molar-refractivity contribution is 0.0951. The van der Waals surface area contributed by atoms with E-state index in [1.165, 1.54) is 11.3 Å². The summed E-state index contributed by atoms with van der Waals surface area (Å²) >= 11 is 16.3. The lowest BCUT2D eigenvalue weighted by atomic mass is 10.2. The minimum Gasteiger partial charge on any atom is -0.348 e. The number of hydrogen-bond acceptors (Lipinski definition) is 2. The average Bonchev–Trinajstić information content (AvgIpc) is 2.66. The molecule has 0 atom stereocenters. The quantitative estimate of drug-likeness (QED) is 0.836. The van der Waals surface area contributed by atoms with E-state index in [1.54, 1.807) is 6.07 Å². The molecule has 94 valence electrons. The van der Waals surface area contributed by atoms with Crippen LogP contribution in [0, 0.1) is 0 Å². The number of rotatable bonds is 3. The Bertz CT molecular complexity index is 585. The molecule has 18 heavy (non-hydrogen) atoms. The van der Waals surface area contributed by atoms with Crippen LogP contribution in [-0.4, -0.2) is 5.91 Å². The standard InChI is InChI=1S/C12H8BrCl2NOS/c13-8-3-1-2-7(4-8)6-16-12(17)9-5-10(14)18-11(9)15/h1-5H,6H2,(H,16,17). The van der Waals surface area contributed by atoms with Crippen molar-refractivity contribution in [3.63, 3.8) is 0 Å². The minimum atomic E-state index is -0.219. The number of hydrogen-bond donors (Lipinski definition) is 1. The normalized spacial score (nSPS) is 10.4. The third-order valence-electron chi connectivity index (χ3n) is 2.24. The Hall–Kier alpha value is -0.550. The van der Waals surface area contributed by atoms with E-state index >= 15 is 0 Å². The molecule has 0 radical (unpaired) electrons. The highest BCUT2D eigenvalue weighted by atomic mass is 79.9. The Morgan fingerprint density at radius 3 is 2.72 bits per heavy atom. The topological polar surface area (TPSA) is 29.1 Å². The van der Waals surface area contributed by atoms with E-state index in [1.807, 2.05) is 24.3 Å². The Balaban J connectivity index is 2.03. The molecular formula is C12H8BrCl2NOS. The zero-order valence-corrected chi connectivity index (χ0v) is 13.0. The van der Waals surface area contributed by atoms with Gasteiger partial charge in [-0.1, -0.05) is 51.3 Å². The predicted octanol–water partition coefficient (Wildman–Crippen LogP) is 4.75. The fourth-order valence-electron chi connectivity index (χ4n) is 1.42. The molecule has 0 aliphatic rings. The molecule has 2 aromatic rings. The second-order valence-electron chi connectivity index (χ2n) is 3.55. The third-order valence-corrected chi connectivity index (χ3v) is 4.22. The zero-order valence-electron chi connectivity index (χ0n) is 9.04. The number of amides is 1. The molecule has 0 spiro atoms. The summed E-state index contributed by atoms with van der Waals surface area (Å²) in [5, 5.41) is 2.80. The van der Waals surface area contributed by atoms with Gasteiger partial charge >= 0.3 is 0 Å². The van der Waals surface area contributed by atoms with Gasteiger partial charge in [-0.05, 0) is 23.8 Å². The van der Waals surface area contributed by atoms with Crippen LogP contribution in [0.5, 0.6) is 0 Å². The third kappa shape index (κ3) is 3.48. The van der Waals surface area contributed by atoms with Crippen molar-refractivity contribution < 1.29 is 4.79 Å². The first kappa shape index (κ1) is 13.9. The molecule has 0 fully saturated rings. The van der Waals surface area contributed by atoms with E-state index in [0.717, 1.165) is 10.0 Å². The first-order valence-electron chi connectivity index (χ1n) is 5.04. The summed E-state index contributed by atoms with van der Waals surface area (Å²) in [5.74, 6) is -0.219. The number of carbonyl (C=O) groups excluding carboxylic acids is 1. The molecule has 0 aliphatic carbocycles. The number of halogens is 3. The van der Waals surface area contributed by atoms with Crippen molar-refractivity contribution in [3.8, 4) is 0 Å². The molecule has 0 saturated heterocycles. The van der Waals surface area contributed by atoms with E-state index in [-0.39, 0.29) is 5.91 Å². The van der Waals surface area contributed by atoms with Crippen LogP contribution in [0.2, 0.25) is 8.67 Å². The first-order valence-corrected chi connectivity index (χ1v) is 7.40. The molecule has 1 aromatic heterocycles. The van der Waals surface area contributed by atoms with Gasteiger partial charge < -0.3 is 5.32 Å². The first-order chi connectivity index (χ1) is 8.56. The van der Waals surface area contributed by atoms with Gasteiger partial charge in [-0.3, -0.25) is 4.79 Å². The van der Waals surface area contributed by atoms with Crippen molar-refractivity contribution in [1.82, 2.24) is 5.32 Å². The Morgan fingerprint density at radius 2 is 2.11 bits per heavy atom. The molecule has 0 saturated carbocycles. The highest BCUT2D eigenvalue weighted by Gasteiger charge is 2.13. The SMILES string of the molecule is O=C(NCc1cccc(Br)c1)c1cc(Cl)sc1Cl. The zero-order chi connectivity index (χ0) is 13.1. The van der Waals surface area contributed by atoms with Gasteiger partial charge in [-0.25, -0.2) is 0 Å². The monoisotopic (exact) mass is 363 g/mol. The molecule has 1 heterocycles. The molecule has 6 heteroatoms. The number of nitrogens with one attached hydrogen (secondary N) is 1. The van der Waals surface area contributed by atoms with E-state index in [4.69, 9.17) is 23.2 Å². The van der Waals surface area contributed by atoms with Gasteiger partial charge in [0.15, 0.2) is 0 Å².